The molecule has 0 spiro atoms. The van der Waals surface area contributed by atoms with E-state index in [2.05, 4.69) is 15.6 Å². The normalized spacial score (nSPS) is 12.4. The number of para-hydroxylation sites is 2. The lowest BCUT2D eigenvalue weighted by Crippen LogP contribution is -2.31. The molecule has 0 saturated heterocycles. The van der Waals surface area contributed by atoms with E-state index in [1.807, 2.05) is 0 Å². The fourth-order valence-electron chi connectivity index (χ4n) is 3.45. The Kier molecular flexibility index (Phi) is 6.03. The lowest BCUT2D eigenvalue weighted by atomic mass is 10.1. The van der Waals surface area contributed by atoms with E-state index in [0.717, 1.165) is 0 Å². The molecule has 0 saturated carbocycles. The summed E-state index contributed by atoms with van der Waals surface area (Å²) in [5.41, 5.74) is 2.08. The molecule has 160 valence electrons. The smallest absolute Gasteiger partial charge is 0.261 e. The highest BCUT2D eigenvalue weighted by molar-refractivity contribution is 6.21. The van der Waals surface area contributed by atoms with Crippen molar-refractivity contribution in [1.82, 2.24) is 9.88 Å². The van der Waals surface area contributed by atoms with E-state index in [9.17, 15) is 19.2 Å². The minimum Gasteiger partial charge on any atom is -0.324 e. The number of rotatable bonds is 7. The van der Waals surface area contributed by atoms with E-state index in [0.29, 0.717) is 34.5 Å². The van der Waals surface area contributed by atoms with Crippen molar-refractivity contribution in [3.05, 3.63) is 89.7 Å². The highest BCUT2D eigenvalue weighted by Crippen LogP contribution is 2.24. The largest absolute Gasteiger partial charge is 0.324 e. The van der Waals surface area contributed by atoms with Crippen molar-refractivity contribution in [2.75, 3.05) is 17.2 Å². The number of nitrogens with one attached hydrogen (secondary N) is 2. The first-order valence-corrected chi connectivity index (χ1v) is 10.1. The number of pyridine rings is 1. The summed E-state index contributed by atoms with van der Waals surface area (Å²) in [6.45, 7) is 0.152. The van der Waals surface area contributed by atoms with Crippen LogP contribution in [0.3, 0.4) is 0 Å². The van der Waals surface area contributed by atoms with E-state index < -0.39 is 0 Å². The van der Waals surface area contributed by atoms with Crippen LogP contribution in [0, 0.1) is 0 Å². The number of aromatic nitrogens is 1. The summed E-state index contributed by atoms with van der Waals surface area (Å²) in [7, 11) is 0. The number of imide groups is 1. The van der Waals surface area contributed by atoms with Crippen LogP contribution in [0.4, 0.5) is 11.4 Å². The second-order valence-electron chi connectivity index (χ2n) is 7.20. The monoisotopic (exact) mass is 428 g/mol. The third kappa shape index (κ3) is 4.39. The van der Waals surface area contributed by atoms with Crippen LogP contribution in [0.1, 0.15) is 43.9 Å². The third-order valence-corrected chi connectivity index (χ3v) is 5.04. The quantitative estimate of drug-likeness (QED) is 0.561. The zero-order valence-electron chi connectivity index (χ0n) is 17.1. The Morgan fingerprint density at radius 1 is 0.812 bits per heavy atom. The molecule has 8 nitrogen and oxygen atoms in total. The molecular weight excluding hydrogens is 408 g/mol. The van der Waals surface area contributed by atoms with E-state index >= 15 is 0 Å². The summed E-state index contributed by atoms with van der Waals surface area (Å²) in [4.78, 5) is 54.7. The average molecular weight is 428 g/mol. The molecule has 0 unspecified atom stereocenters. The summed E-state index contributed by atoms with van der Waals surface area (Å²) in [6, 6.07) is 16.8. The second-order valence-corrected chi connectivity index (χ2v) is 7.20. The van der Waals surface area contributed by atoms with Crippen molar-refractivity contribution < 1.29 is 19.2 Å². The Hall–Kier alpha value is -4.33. The van der Waals surface area contributed by atoms with Gasteiger partial charge < -0.3 is 10.6 Å². The summed E-state index contributed by atoms with van der Waals surface area (Å²) in [5, 5.41) is 5.54. The zero-order chi connectivity index (χ0) is 22.5. The van der Waals surface area contributed by atoms with Crippen molar-refractivity contribution >= 4 is 35.0 Å². The van der Waals surface area contributed by atoms with Gasteiger partial charge in [-0.25, -0.2) is 0 Å². The number of hydrogen-bond donors (Lipinski definition) is 2. The van der Waals surface area contributed by atoms with Crippen LogP contribution in [-0.4, -0.2) is 40.1 Å². The standard InChI is InChI=1S/C24H20N4O4/c29-21(12-6-14-28-23(31)17-8-1-2-9-18(17)24(28)32)26-19-10-3-4-11-20(19)27-22(30)16-7-5-13-25-15-16/h1-5,7-11,13,15H,6,12,14H2,(H,26,29)(H,27,30). The molecule has 4 rings (SSSR count). The molecule has 1 aliphatic heterocycles. The third-order valence-electron chi connectivity index (χ3n) is 5.04. The molecule has 0 bridgehead atoms. The van der Waals surface area contributed by atoms with Gasteiger partial charge in [0.15, 0.2) is 0 Å². The Bertz CT molecular complexity index is 1160. The van der Waals surface area contributed by atoms with Gasteiger partial charge in [-0.05, 0) is 42.8 Å². The van der Waals surface area contributed by atoms with Gasteiger partial charge in [0.2, 0.25) is 5.91 Å². The summed E-state index contributed by atoms with van der Waals surface area (Å²) >= 11 is 0. The minimum atomic E-state index is -0.342. The zero-order valence-corrected chi connectivity index (χ0v) is 17.1. The molecule has 0 fully saturated rings. The van der Waals surface area contributed by atoms with Crippen LogP contribution >= 0.6 is 0 Å². The number of carbonyl (C=O) groups excluding carboxylic acids is 4. The van der Waals surface area contributed by atoms with Crippen LogP contribution in [0.2, 0.25) is 0 Å². The van der Waals surface area contributed by atoms with E-state index in [4.69, 9.17) is 0 Å². The molecule has 32 heavy (non-hydrogen) atoms. The maximum Gasteiger partial charge on any atom is 0.261 e. The van der Waals surface area contributed by atoms with Gasteiger partial charge in [0.05, 0.1) is 28.1 Å². The molecule has 3 aromatic rings. The fraction of sp³-hybridized carbons (Fsp3) is 0.125. The van der Waals surface area contributed by atoms with Gasteiger partial charge in [0.1, 0.15) is 0 Å². The molecule has 0 aliphatic carbocycles. The molecule has 2 aromatic carbocycles. The SMILES string of the molecule is O=C(CCCN1C(=O)c2ccccc2C1=O)Nc1ccccc1NC(=O)c1cccnc1. The van der Waals surface area contributed by atoms with Crippen LogP contribution in [0.25, 0.3) is 0 Å². The number of nitrogens with zero attached hydrogens (tertiary/aromatic N) is 2. The number of fused-ring (bicyclic) bond motifs is 1. The van der Waals surface area contributed by atoms with Crippen LogP contribution in [0.5, 0.6) is 0 Å². The van der Waals surface area contributed by atoms with E-state index in [1.165, 1.54) is 11.1 Å². The van der Waals surface area contributed by atoms with Crippen molar-refractivity contribution in [3.8, 4) is 0 Å². The highest BCUT2D eigenvalue weighted by atomic mass is 16.2. The molecule has 0 radical (unpaired) electrons. The van der Waals surface area contributed by atoms with Gasteiger partial charge in [-0.15, -0.1) is 0 Å². The van der Waals surface area contributed by atoms with Crippen LogP contribution in [-0.2, 0) is 4.79 Å². The molecule has 0 atom stereocenters. The van der Waals surface area contributed by atoms with Crippen molar-refractivity contribution in [2.24, 2.45) is 0 Å². The van der Waals surface area contributed by atoms with Gasteiger partial charge in [-0.2, -0.15) is 0 Å². The molecule has 2 heterocycles. The fourth-order valence-corrected chi connectivity index (χ4v) is 3.45. The number of hydrogen-bond acceptors (Lipinski definition) is 5. The first-order chi connectivity index (χ1) is 15.5. The van der Waals surface area contributed by atoms with Gasteiger partial charge in [0, 0.05) is 25.4 Å². The molecule has 1 aliphatic rings. The van der Waals surface area contributed by atoms with Crippen LogP contribution < -0.4 is 10.6 Å². The van der Waals surface area contributed by atoms with Gasteiger partial charge in [-0.1, -0.05) is 24.3 Å². The summed E-state index contributed by atoms with van der Waals surface area (Å²) < 4.78 is 0. The maximum absolute atomic E-state index is 12.5. The average Bonchev–Trinajstić information content (AvgIpc) is 3.06. The van der Waals surface area contributed by atoms with Gasteiger partial charge in [-0.3, -0.25) is 29.1 Å². The molecule has 1 aromatic heterocycles. The number of carbonyl (C=O) groups is 4. The molecular formula is C24H20N4O4. The Morgan fingerprint density at radius 3 is 2.06 bits per heavy atom. The second kappa shape index (κ2) is 9.22. The predicted molar refractivity (Wildman–Crippen MR) is 118 cm³/mol. The maximum atomic E-state index is 12.5. The highest BCUT2D eigenvalue weighted by Gasteiger charge is 2.34. The van der Waals surface area contributed by atoms with Gasteiger partial charge in [0.25, 0.3) is 17.7 Å². The minimum absolute atomic E-state index is 0.109. The lowest BCUT2D eigenvalue weighted by molar-refractivity contribution is -0.116. The Balaban J connectivity index is 1.33. The van der Waals surface area contributed by atoms with Crippen molar-refractivity contribution in [2.45, 2.75) is 12.8 Å². The van der Waals surface area contributed by atoms with E-state index in [-0.39, 0.29) is 36.6 Å². The van der Waals surface area contributed by atoms with Crippen molar-refractivity contribution in [3.63, 3.8) is 0 Å². The lowest BCUT2D eigenvalue weighted by Gasteiger charge is -2.14. The summed E-state index contributed by atoms with van der Waals surface area (Å²) in [5.74, 6) is -1.31. The van der Waals surface area contributed by atoms with Crippen molar-refractivity contribution in [1.29, 1.82) is 0 Å². The molecule has 8 heteroatoms. The number of benzene rings is 2. The predicted octanol–water partition coefficient (Wildman–Crippen LogP) is 3.35. The van der Waals surface area contributed by atoms with Gasteiger partial charge >= 0.3 is 0 Å². The summed E-state index contributed by atoms with van der Waals surface area (Å²) in [6.07, 6.45) is 3.46. The Labute approximate surface area is 184 Å². The number of amides is 4. The topological polar surface area (TPSA) is 108 Å². The molecule has 2 N–H and O–H groups in total. The van der Waals surface area contributed by atoms with E-state index in [1.54, 1.807) is 66.9 Å². The first-order valence-electron chi connectivity index (χ1n) is 10.1. The van der Waals surface area contributed by atoms with Crippen LogP contribution in [0.15, 0.2) is 73.1 Å². The molecule has 4 amide bonds. The Morgan fingerprint density at radius 2 is 1.44 bits per heavy atom. The first kappa shape index (κ1) is 20.9. The number of anilines is 2.